The number of amides is 1. The maximum atomic E-state index is 14.4. The molecule has 3 aromatic carbocycles. The molecule has 254 valence electrons. The first-order valence-electron chi connectivity index (χ1n) is 16.7. The molecule has 0 N–H and O–H groups in total. The number of imidazole rings is 1. The second-order valence-electron chi connectivity index (χ2n) is 13.2. The van der Waals surface area contributed by atoms with E-state index in [0.29, 0.717) is 37.8 Å². The van der Waals surface area contributed by atoms with E-state index in [1.54, 1.807) is 6.20 Å². The lowest BCUT2D eigenvalue weighted by molar-refractivity contribution is -0.160. The normalized spacial score (nSPS) is 15.0. The Bertz CT molecular complexity index is 1930. The molecule has 0 saturated carbocycles. The molecule has 10 nitrogen and oxygen atoms in total. The molecule has 3 heterocycles. The van der Waals surface area contributed by atoms with Crippen molar-refractivity contribution in [3.8, 4) is 22.8 Å². The minimum Gasteiger partial charge on any atom is -0.494 e. The molecule has 0 aliphatic carbocycles. The molecule has 1 saturated heterocycles. The summed E-state index contributed by atoms with van der Waals surface area (Å²) in [6.45, 7) is 11.4. The topological polar surface area (TPSA) is 99.0 Å². The summed E-state index contributed by atoms with van der Waals surface area (Å²) in [6.07, 6.45) is 3.66. The van der Waals surface area contributed by atoms with Crippen molar-refractivity contribution in [2.24, 2.45) is 0 Å². The first kappa shape index (κ1) is 33.7. The van der Waals surface area contributed by atoms with Crippen molar-refractivity contribution in [3.05, 3.63) is 103 Å². The maximum absolute atomic E-state index is 14.4. The highest BCUT2D eigenvalue weighted by Gasteiger charge is 2.34. The summed E-state index contributed by atoms with van der Waals surface area (Å²) >= 11 is 0. The molecule has 1 aliphatic rings. The number of esters is 1. The zero-order valence-corrected chi connectivity index (χ0v) is 28.8. The molecule has 1 fully saturated rings. The van der Waals surface area contributed by atoms with Gasteiger partial charge in [-0.3, -0.25) is 14.3 Å². The van der Waals surface area contributed by atoms with E-state index in [0.717, 1.165) is 39.2 Å². The van der Waals surface area contributed by atoms with Crippen LogP contribution in [0.15, 0.2) is 91.3 Å². The van der Waals surface area contributed by atoms with Gasteiger partial charge in [0.2, 0.25) is 0 Å². The van der Waals surface area contributed by atoms with E-state index < -0.39 is 11.6 Å². The molecule has 10 heteroatoms. The van der Waals surface area contributed by atoms with Gasteiger partial charge in [-0.05, 0) is 58.9 Å². The van der Waals surface area contributed by atoms with E-state index in [-0.39, 0.29) is 25.2 Å². The number of anilines is 1. The van der Waals surface area contributed by atoms with Gasteiger partial charge in [-0.1, -0.05) is 54.1 Å². The van der Waals surface area contributed by atoms with Crippen LogP contribution >= 0.6 is 0 Å². The van der Waals surface area contributed by atoms with Crippen LogP contribution in [0.4, 0.5) is 5.69 Å². The van der Waals surface area contributed by atoms with Gasteiger partial charge in [0.1, 0.15) is 29.5 Å². The number of nitrogens with zero attached hydrogens (tertiary/aromatic N) is 5. The van der Waals surface area contributed by atoms with E-state index in [1.807, 2.05) is 123 Å². The van der Waals surface area contributed by atoms with Crippen LogP contribution in [0.5, 0.6) is 5.75 Å². The number of para-hydroxylation sites is 1. The zero-order valence-electron chi connectivity index (χ0n) is 28.8. The number of fused-ring (bicyclic) bond motifs is 1. The van der Waals surface area contributed by atoms with Gasteiger partial charge in [0.25, 0.3) is 5.91 Å². The van der Waals surface area contributed by atoms with E-state index in [2.05, 4.69) is 16.0 Å². The number of carbonyl (C=O) groups excluding carboxylic acids is 2. The van der Waals surface area contributed by atoms with Crippen molar-refractivity contribution < 1.29 is 23.8 Å². The van der Waals surface area contributed by atoms with Gasteiger partial charge in [0.05, 0.1) is 42.3 Å². The van der Waals surface area contributed by atoms with Crippen molar-refractivity contribution >= 4 is 28.5 Å². The lowest BCUT2D eigenvalue weighted by atomic mass is 10.1. The van der Waals surface area contributed by atoms with Gasteiger partial charge in [-0.15, -0.1) is 0 Å². The Labute approximate surface area is 287 Å². The number of rotatable bonds is 10. The fourth-order valence-electron chi connectivity index (χ4n) is 6.00. The number of aromatic nitrogens is 3. The molecule has 0 spiro atoms. The minimum absolute atomic E-state index is 0.143. The molecule has 0 radical (unpaired) electrons. The lowest BCUT2D eigenvalue weighted by Gasteiger charge is -2.42. The summed E-state index contributed by atoms with van der Waals surface area (Å²) < 4.78 is 19.1. The third-order valence-electron chi connectivity index (χ3n) is 8.28. The Kier molecular flexibility index (Phi) is 9.96. The van der Waals surface area contributed by atoms with Crippen LogP contribution in [-0.4, -0.2) is 82.4 Å². The third-order valence-corrected chi connectivity index (χ3v) is 8.28. The van der Waals surface area contributed by atoms with Gasteiger partial charge < -0.3 is 24.0 Å². The summed E-state index contributed by atoms with van der Waals surface area (Å²) in [4.78, 5) is 40.5. The van der Waals surface area contributed by atoms with E-state index >= 15 is 0 Å². The molecular weight excluding hydrogens is 618 g/mol. The third kappa shape index (κ3) is 8.09. The molecule has 5 aromatic rings. The summed E-state index contributed by atoms with van der Waals surface area (Å²) in [5.41, 5.74) is 4.42. The highest BCUT2D eigenvalue weighted by Crippen LogP contribution is 2.28. The summed E-state index contributed by atoms with van der Waals surface area (Å²) in [7, 11) is 0. The number of ether oxygens (including phenoxy) is 3. The molecule has 1 atom stereocenters. The van der Waals surface area contributed by atoms with Crippen molar-refractivity contribution in [2.75, 3.05) is 44.4 Å². The second kappa shape index (κ2) is 14.5. The van der Waals surface area contributed by atoms with Crippen molar-refractivity contribution in [1.82, 2.24) is 19.4 Å². The number of piperazine rings is 1. The van der Waals surface area contributed by atoms with Crippen LogP contribution in [0.1, 0.15) is 43.7 Å². The highest BCUT2D eigenvalue weighted by atomic mass is 16.6. The smallest absolute Gasteiger partial charge is 0.332 e. The summed E-state index contributed by atoms with van der Waals surface area (Å²) in [5, 5.41) is 1.04. The van der Waals surface area contributed by atoms with E-state index in [9.17, 15) is 9.59 Å². The predicted octanol–water partition coefficient (Wildman–Crippen LogP) is 6.48. The molecule has 49 heavy (non-hydrogen) atoms. The number of aryl methyl sites for hydroxylation is 1. The Morgan fingerprint density at radius 1 is 0.939 bits per heavy atom. The van der Waals surface area contributed by atoms with E-state index in [4.69, 9.17) is 19.2 Å². The molecule has 0 unspecified atom stereocenters. The van der Waals surface area contributed by atoms with Crippen LogP contribution in [0.25, 0.3) is 28.0 Å². The quantitative estimate of drug-likeness (QED) is 0.157. The standard InChI is InChI=1S/C39H43N5O5/c1-6-48-33-12-9-11-30(21-33)44-24-35(41-37(44)28-16-14-27(2)15-17-28)38(46)43-19-18-42(31-20-29-10-7-8-13-34(29)40-22-31)23-32(43)25-47-26-36(45)49-39(3,4)5/h7-17,20-22,24,32H,6,18-19,23,25-26H2,1-5H3/t32-/m0/s1. The maximum Gasteiger partial charge on any atom is 0.332 e. The van der Waals surface area contributed by atoms with Gasteiger partial charge in [-0.25, -0.2) is 9.78 Å². The second-order valence-corrected chi connectivity index (χ2v) is 13.2. The molecule has 1 aliphatic heterocycles. The Hall–Kier alpha value is -5.22. The van der Waals surface area contributed by atoms with Gasteiger partial charge in [0.15, 0.2) is 0 Å². The number of hydrogen-bond acceptors (Lipinski definition) is 8. The Balaban J connectivity index is 1.30. The molecule has 2 aromatic heterocycles. The summed E-state index contributed by atoms with van der Waals surface area (Å²) in [6, 6.07) is 25.6. The van der Waals surface area contributed by atoms with Crippen LogP contribution < -0.4 is 9.64 Å². The number of benzene rings is 3. The largest absolute Gasteiger partial charge is 0.494 e. The van der Waals surface area contributed by atoms with Crippen molar-refractivity contribution in [2.45, 2.75) is 46.3 Å². The summed E-state index contributed by atoms with van der Waals surface area (Å²) in [5.74, 6) is 0.719. The molecule has 1 amide bonds. The highest BCUT2D eigenvalue weighted by molar-refractivity contribution is 5.93. The Morgan fingerprint density at radius 3 is 2.51 bits per heavy atom. The Morgan fingerprint density at radius 2 is 1.73 bits per heavy atom. The van der Waals surface area contributed by atoms with Crippen molar-refractivity contribution in [3.63, 3.8) is 0 Å². The zero-order chi connectivity index (χ0) is 34.5. The number of carbonyl (C=O) groups is 2. The van der Waals surface area contributed by atoms with Gasteiger partial charge in [-0.2, -0.15) is 0 Å². The lowest BCUT2D eigenvalue weighted by Crippen LogP contribution is -2.57. The van der Waals surface area contributed by atoms with E-state index in [1.165, 1.54) is 0 Å². The SMILES string of the molecule is CCOc1cccc(-n2cc(C(=O)N3CCN(c4cnc5ccccc5c4)C[C@H]3COCC(=O)OC(C)(C)C)nc2-c2ccc(C)cc2)c1. The number of hydrogen-bond donors (Lipinski definition) is 0. The van der Waals surface area contributed by atoms with Crippen LogP contribution in [-0.2, 0) is 14.3 Å². The van der Waals surface area contributed by atoms with Crippen LogP contribution in [0, 0.1) is 6.92 Å². The van der Waals surface area contributed by atoms with Gasteiger partial charge >= 0.3 is 5.97 Å². The average molecular weight is 662 g/mol. The first-order valence-corrected chi connectivity index (χ1v) is 16.7. The molecule has 0 bridgehead atoms. The average Bonchev–Trinajstić information content (AvgIpc) is 3.53. The van der Waals surface area contributed by atoms with Crippen molar-refractivity contribution in [1.29, 1.82) is 0 Å². The van der Waals surface area contributed by atoms with Crippen LogP contribution in [0.3, 0.4) is 0 Å². The monoisotopic (exact) mass is 661 g/mol. The predicted molar refractivity (Wildman–Crippen MR) is 190 cm³/mol. The molecular formula is C39H43N5O5. The first-order chi connectivity index (χ1) is 23.6. The minimum atomic E-state index is -0.622. The molecule has 6 rings (SSSR count). The fourth-order valence-corrected chi connectivity index (χ4v) is 6.00. The fraction of sp³-hybridized carbons (Fsp3) is 0.333. The van der Waals surface area contributed by atoms with Crippen LogP contribution in [0.2, 0.25) is 0 Å². The number of pyridine rings is 1. The van der Waals surface area contributed by atoms with Gasteiger partial charge in [0, 0.05) is 42.8 Å².